The summed E-state index contributed by atoms with van der Waals surface area (Å²) in [6.45, 7) is 10.9. The highest BCUT2D eigenvalue weighted by Gasteiger charge is 2.39. The van der Waals surface area contributed by atoms with Crippen LogP contribution in [0.1, 0.15) is 83.8 Å². The Balaban J connectivity index is 1.98. The van der Waals surface area contributed by atoms with Crippen LogP contribution < -0.4 is 9.47 Å². The van der Waals surface area contributed by atoms with E-state index in [2.05, 4.69) is 0 Å². The summed E-state index contributed by atoms with van der Waals surface area (Å²) in [5, 5.41) is 0. The second kappa shape index (κ2) is 5.86. The number of carbonyl (C=O) groups excluding carboxylic acids is 2. The molecule has 2 aliphatic carbocycles. The normalized spacial score (nSPS) is 21.8. The number of benzene rings is 1. The van der Waals surface area contributed by atoms with Crippen molar-refractivity contribution < 1.29 is 19.1 Å². The monoisotopic (exact) mass is 344 g/mol. The Kier molecular flexibility index (Phi) is 4.21. The van der Waals surface area contributed by atoms with E-state index in [4.69, 9.17) is 9.47 Å². The standard InChI is InChI=1S/C21H28O4/c1-20(2,3)18(22)24-16-10-14-12-7-8-13(9-12)15(14)11-17(16)25-19(23)21(4,5)6/h10-13H,7-9H2,1-6H3. The maximum atomic E-state index is 12.4. The van der Waals surface area contributed by atoms with E-state index in [0.717, 1.165) is 6.42 Å². The molecule has 136 valence electrons. The molecule has 25 heavy (non-hydrogen) atoms. The smallest absolute Gasteiger partial charge is 0.316 e. The third-order valence-corrected chi connectivity index (χ3v) is 5.09. The van der Waals surface area contributed by atoms with Crippen LogP contribution in [-0.2, 0) is 9.59 Å². The highest BCUT2D eigenvalue weighted by Crippen LogP contribution is 2.55. The molecule has 2 bridgehead atoms. The third-order valence-electron chi connectivity index (χ3n) is 5.09. The van der Waals surface area contributed by atoms with Gasteiger partial charge in [-0.1, -0.05) is 0 Å². The predicted octanol–water partition coefficient (Wildman–Crippen LogP) is 4.95. The quantitative estimate of drug-likeness (QED) is 0.562. The van der Waals surface area contributed by atoms with Gasteiger partial charge in [0.2, 0.25) is 0 Å². The van der Waals surface area contributed by atoms with Crippen LogP contribution >= 0.6 is 0 Å². The summed E-state index contributed by atoms with van der Waals surface area (Å²) in [6.07, 6.45) is 3.52. The number of carbonyl (C=O) groups is 2. The van der Waals surface area contributed by atoms with Crippen LogP contribution in [0.2, 0.25) is 0 Å². The summed E-state index contributed by atoms with van der Waals surface area (Å²) in [4.78, 5) is 24.7. The van der Waals surface area contributed by atoms with Crippen molar-refractivity contribution >= 4 is 11.9 Å². The van der Waals surface area contributed by atoms with Crippen molar-refractivity contribution in [1.82, 2.24) is 0 Å². The van der Waals surface area contributed by atoms with E-state index in [1.165, 1.54) is 24.0 Å². The van der Waals surface area contributed by atoms with Crippen LogP contribution in [0.25, 0.3) is 0 Å². The lowest BCUT2D eigenvalue weighted by atomic mass is 9.91. The summed E-state index contributed by atoms with van der Waals surface area (Å²) >= 11 is 0. The molecule has 1 fully saturated rings. The molecule has 0 radical (unpaired) electrons. The SMILES string of the molecule is CC(C)(C)C(=O)Oc1cc2c(cc1OC(=O)C(C)(C)C)C1CCC2C1. The van der Waals surface area contributed by atoms with Crippen LogP contribution in [0.5, 0.6) is 11.5 Å². The van der Waals surface area contributed by atoms with Gasteiger partial charge in [-0.15, -0.1) is 0 Å². The molecule has 1 aromatic carbocycles. The first kappa shape index (κ1) is 18.0. The zero-order chi connectivity index (χ0) is 18.6. The lowest BCUT2D eigenvalue weighted by Crippen LogP contribution is -2.28. The van der Waals surface area contributed by atoms with Gasteiger partial charge in [-0.3, -0.25) is 9.59 Å². The fourth-order valence-electron chi connectivity index (χ4n) is 3.51. The number of esters is 2. The zero-order valence-corrected chi connectivity index (χ0v) is 16.1. The average Bonchev–Trinajstić information content (AvgIpc) is 3.07. The molecule has 1 saturated carbocycles. The summed E-state index contributed by atoms with van der Waals surface area (Å²) in [5.41, 5.74) is 1.26. The van der Waals surface area contributed by atoms with Crippen LogP contribution in [0.4, 0.5) is 0 Å². The Hall–Kier alpha value is -1.84. The van der Waals surface area contributed by atoms with E-state index in [-0.39, 0.29) is 11.9 Å². The molecule has 0 saturated heterocycles. The average molecular weight is 344 g/mol. The maximum Gasteiger partial charge on any atom is 0.316 e. The van der Waals surface area contributed by atoms with Crippen molar-refractivity contribution in [3.8, 4) is 11.5 Å². The molecule has 0 N–H and O–H groups in total. The number of rotatable bonds is 2. The second-order valence-corrected chi connectivity index (χ2v) is 9.41. The fraction of sp³-hybridized carbons (Fsp3) is 0.619. The lowest BCUT2D eigenvalue weighted by molar-refractivity contribution is -0.145. The van der Waals surface area contributed by atoms with Gasteiger partial charge in [0, 0.05) is 0 Å². The van der Waals surface area contributed by atoms with Gasteiger partial charge in [-0.05, 0) is 95.9 Å². The van der Waals surface area contributed by atoms with E-state index < -0.39 is 10.8 Å². The highest BCUT2D eigenvalue weighted by atomic mass is 16.6. The molecular weight excluding hydrogens is 316 g/mol. The van der Waals surface area contributed by atoms with Crippen LogP contribution in [-0.4, -0.2) is 11.9 Å². The van der Waals surface area contributed by atoms with Crippen molar-refractivity contribution in [2.24, 2.45) is 10.8 Å². The molecule has 0 amide bonds. The van der Waals surface area contributed by atoms with Gasteiger partial charge in [-0.2, -0.15) is 0 Å². The number of hydrogen-bond acceptors (Lipinski definition) is 4. The van der Waals surface area contributed by atoms with Gasteiger partial charge in [0.05, 0.1) is 10.8 Å². The molecule has 4 heteroatoms. The topological polar surface area (TPSA) is 52.6 Å². The van der Waals surface area contributed by atoms with E-state index in [0.29, 0.717) is 23.3 Å². The van der Waals surface area contributed by atoms with Crippen molar-refractivity contribution in [3.63, 3.8) is 0 Å². The lowest BCUT2D eigenvalue weighted by Gasteiger charge is -2.23. The van der Waals surface area contributed by atoms with Crippen molar-refractivity contribution in [2.45, 2.75) is 72.6 Å². The summed E-state index contributed by atoms with van der Waals surface area (Å²) in [7, 11) is 0. The Morgan fingerprint density at radius 1 is 0.800 bits per heavy atom. The largest absolute Gasteiger partial charge is 0.422 e. The molecule has 0 aromatic heterocycles. The van der Waals surface area contributed by atoms with Crippen molar-refractivity contribution in [3.05, 3.63) is 23.3 Å². The zero-order valence-electron chi connectivity index (χ0n) is 16.1. The van der Waals surface area contributed by atoms with Crippen molar-refractivity contribution in [2.75, 3.05) is 0 Å². The van der Waals surface area contributed by atoms with Gasteiger partial charge in [-0.25, -0.2) is 0 Å². The molecule has 4 nitrogen and oxygen atoms in total. The molecule has 2 unspecified atom stereocenters. The highest BCUT2D eigenvalue weighted by molar-refractivity contribution is 5.81. The van der Waals surface area contributed by atoms with Crippen LogP contribution in [0.3, 0.4) is 0 Å². The second-order valence-electron chi connectivity index (χ2n) is 9.41. The summed E-state index contributed by atoms with van der Waals surface area (Å²) < 4.78 is 11.3. The predicted molar refractivity (Wildman–Crippen MR) is 96.0 cm³/mol. The Bertz CT molecular complexity index is 658. The molecule has 2 aliphatic rings. The van der Waals surface area contributed by atoms with Gasteiger partial charge in [0.25, 0.3) is 0 Å². The molecule has 0 heterocycles. The Labute approximate surface area is 149 Å². The first-order valence-electron chi connectivity index (χ1n) is 9.09. The van der Waals surface area contributed by atoms with Gasteiger partial charge < -0.3 is 9.47 Å². The first-order valence-corrected chi connectivity index (χ1v) is 9.09. The maximum absolute atomic E-state index is 12.4. The Morgan fingerprint density at radius 2 is 1.16 bits per heavy atom. The minimum Gasteiger partial charge on any atom is -0.422 e. The molecule has 2 atom stereocenters. The summed E-state index contributed by atoms with van der Waals surface area (Å²) in [5.74, 6) is 1.15. The van der Waals surface area contributed by atoms with Gasteiger partial charge in [0.15, 0.2) is 11.5 Å². The number of fused-ring (bicyclic) bond motifs is 5. The van der Waals surface area contributed by atoms with Crippen molar-refractivity contribution in [1.29, 1.82) is 0 Å². The molecule has 3 rings (SSSR count). The first-order chi connectivity index (χ1) is 11.5. The number of hydrogen-bond donors (Lipinski definition) is 0. The molecular formula is C21H28O4. The molecule has 0 spiro atoms. The minimum atomic E-state index is -0.622. The van der Waals surface area contributed by atoms with Gasteiger partial charge >= 0.3 is 11.9 Å². The minimum absolute atomic E-state index is 0.330. The number of ether oxygens (including phenoxy) is 2. The van der Waals surface area contributed by atoms with Gasteiger partial charge in [0.1, 0.15) is 0 Å². The molecule has 1 aromatic rings. The van der Waals surface area contributed by atoms with E-state index in [9.17, 15) is 9.59 Å². The third kappa shape index (κ3) is 3.44. The van der Waals surface area contributed by atoms with Crippen LogP contribution in [0, 0.1) is 10.8 Å². The van der Waals surface area contributed by atoms with E-state index in [1.807, 2.05) is 53.7 Å². The Morgan fingerprint density at radius 3 is 1.48 bits per heavy atom. The summed E-state index contributed by atoms with van der Waals surface area (Å²) in [6, 6.07) is 3.85. The van der Waals surface area contributed by atoms with Crippen LogP contribution in [0.15, 0.2) is 12.1 Å². The molecule has 0 aliphatic heterocycles. The van der Waals surface area contributed by atoms with E-state index in [1.54, 1.807) is 0 Å². The fourth-order valence-corrected chi connectivity index (χ4v) is 3.51. The van der Waals surface area contributed by atoms with E-state index >= 15 is 0 Å².